The molecule has 4 nitrogen and oxygen atoms in total. The highest BCUT2D eigenvalue weighted by atomic mass is 35.5. The first kappa shape index (κ1) is 16.6. The van der Waals surface area contributed by atoms with Gasteiger partial charge in [-0.3, -0.25) is 0 Å². The van der Waals surface area contributed by atoms with Gasteiger partial charge in [-0.05, 0) is 32.9 Å². The molecule has 0 spiro atoms. The van der Waals surface area contributed by atoms with Crippen LogP contribution in [0.25, 0.3) is 0 Å². The summed E-state index contributed by atoms with van der Waals surface area (Å²) in [7, 11) is 3.26. The van der Waals surface area contributed by atoms with Crippen molar-refractivity contribution in [3.63, 3.8) is 0 Å². The molecular formula is C13H20ClN2O2-. The molecule has 0 saturated carbocycles. The largest absolute Gasteiger partial charge is 1.00 e. The predicted molar refractivity (Wildman–Crippen MR) is 70.0 cm³/mol. The van der Waals surface area contributed by atoms with Gasteiger partial charge in [0.25, 0.3) is 0 Å². The van der Waals surface area contributed by atoms with Crippen LogP contribution in [0.2, 0.25) is 0 Å². The number of nitrogens with zero attached hydrogens (tertiary/aromatic N) is 1. The summed E-state index contributed by atoms with van der Waals surface area (Å²) in [5.41, 5.74) is 3.89. The molecule has 18 heavy (non-hydrogen) atoms. The first-order chi connectivity index (χ1) is 7.96. The molecule has 0 bridgehead atoms. The van der Waals surface area contributed by atoms with Crippen LogP contribution in [0.3, 0.4) is 0 Å². The number of benzene rings is 1. The van der Waals surface area contributed by atoms with Crippen molar-refractivity contribution in [1.82, 2.24) is 5.43 Å². The van der Waals surface area contributed by atoms with E-state index in [1.54, 1.807) is 20.4 Å². The molecule has 1 aromatic carbocycles. The maximum atomic E-state index is 5.27. The van der Waals surface area contributed by atoms with Crippen LogP contribution in [-0.4, -0.2) is 26.0 Å². The molecule has 0 aliphatic rings. The molecule has 0 aliphatic heterocycles. The van der Waals surface area contributed by atoms with Crippen molar-refractivity contribution in [2.75, 3.05) is 14.2 Å². The summed E-state index contributed by atoms with van der Waals surface area (Å²) in [6, 6.07) is 5.62. The van der Waals surface area contributed by atoms with E-state index in [9.17, 15) is 0 Å². The van der Waals surface area contributed by atoms with Crippen LogP contribution in [-0.2, 0) is 0 Å². The SMILES string of the molecule is COc1ccc(C=NNC(C)(C)C)c(OC)c1.[Cl-]. The van der Waals surface area contributed by atoms with E-state index in [-0.39, 0.29) is 17.9 Å². The number of halogens is 1. The lowest BCUT2D eigenvalue weighted by molar-refractivity contribution is -0.00000491. The second-order valence-corrected chi connectivity index (χ2v) is 4.73. The number of rotatable bonds is 4. The van der Waals surface area contributed by atoms with E-state index < -0.39 is 0 Å². The van der Waals surface area contributed by atoms with Crippen LogP contribution >= 0.6 is 0 Å². The maximum Gasteiger partial charge on any atom is 0.131 e. The molecule has 1 N–H and O–H groups in total. The van der Waals surface area contributed by atoms with Crippen molar-refractivity contribution in [3.05, 3.63) is 23.8 Å². The molecule has 0 radical (unpaired) electrons. The average molecular weight is 272 g/mol. The van der Waals surface area contributed by atoms with Gasteiger partial charge >= 0.3 is 0 Å². The predicted octanol–water partition coefficient (Wildman–Crippen LogP) is -0.570. The van der Waals surface area contributed by atoms with Crippen molar-refractivity contribution in [1.29, 1.82) is 0 Å². The summed E-state index contributed by atoms with van der Waals surface area (Å²) < 4.78 is 10.4. The van der Waals surface area contributed by atoms with Crippen LogP contribution in [0, 0.1) is 0 Å². The number of hydrogen-bond donors (Lipinski definition) is 1. The molecule has 102 valence electrons. The Morgan fingerprint density at radius 1 is 1.17 bits per heavy atom. The van der Waals surface area contributed by atoms with E-state index in [0.717, 1.165) is 17.1 Å². The van der Waals surface area contributed by atoms with Crippen molar-refractivity contribution in [2.45, 2.75) is 26.3 Å². The smallest absolute Gasteiger partial charge is 0.131 e. The van der Waals surface area contributed by atoms with Gasteiger partial charge in [-0.15, -0.1) is 0 Å². The summed E-state index contributed by atoms with van der Waals surface area (Å²) in [6.07, 6.45) is 1.74. The Morgan fingerprint density at radius 3 is 2.33 bits per heavy atom. The van der Waals surface area contributed by atoms with Gasteiger partial charge in [0.15, 0.2) is 0 Å². The molecular weight excluding hydrogens is 252 g/mol. The van der Waals surface area contributed by atoms with Crippen molar-refractivity contribution in [3.8, 4) is 11.5 Å². The van der Waals surface area contributed by atoms with Gasteiger partial charge in [-0.25, -0.2) is 0 Å². The summed E-state index contributed by atoms with van der Waals surface area (Å²) in [4.78, 5) is 0. The lowest BCUT2D eigenvalue weighted by atomic mass is 10.1. The zero-order valence-corrected chi connectivity index (χ0v) is 12.2. The Labute approximate surface area is 115 Å². The second kappa shape index (κ2) is 7.11. The molecule has 1 rings (SSSR count). The molecule has 0 unspecified atom stereocenters. The van der Waals surface area contributed by atoms with Gasteiger partial charge in [0.05, 0.1) is 20.4 Å². The first-order valence-corrected chi connectivity index (χ1v) is 5.48. The van der Waals surface area contributed by atoms with Gasteiger partial charge in [-0.2, -0.15) is 5.10 Å². The maximum absolute atomic E-state index is 5.27. The van der Waals surface area contributed by atoms with Crippen molar-refractivity contribution < 1.29 is 21.9 Å². The standard InChI is InChI=1S/C13H20N2O2.ClH/c1-13(2,3)15-14-9-10-6-7-11(16-4)8-12(10)17-5;/h6-9,15H,1-5H3;1H/p-1. The van der Waals surface area contributed by atoms with E-state index in [0.29, 0.717) is 0 Å². The molecule has 0 heterocycles. The van der Waals surface area contributed by atoms with Crippen molar-refractivity contribution >= 4 is 6.21 Å². The summed E-state index contributed by atoms with van der Waals surface area (Å²) in [5.74, 6) is 1.51. The number of ether oxygens (including phenoxy) is 2. The van der Waals surface area contributed by atoms with E-state index in [2.05, 4.69) is 31.3 Å². The van der Waals surface area contributed by atoms with E-state index in [4.69, 9.17) is 9.47 Å². The topological polar surface area (TPSA) is 42.8 Å². The van der Waals surface area contributed by atoms with Gasteiger partial charge in [0.1, 0.15) is 11.5 Å². The number of nitrogens with one attached hydrogen (secondary N) is 1. The molecule has 0 aliphatic carbocycles. The van der Waals surface area contributed by atoms with E-state index in [1.807, 2.05) is 18.2 Å². The highest BCUT2D eigenvalue weighted by molar-refractivity contribution is 5.83. The third-order valence-electron chi connectivity index (χ3n) is 2.04. The fourth-order valence-electron chi connectivity index (χ4n) is 1.22. The zero-order valence-electron chi connectivity index (χ0n) is 11.5. The highest BCUT2D eigenvalue weighted by Crippen LogP contribution is 2.22. The second-order valence-electron chi connectivity index (χ2n) is 4.73. The number of hydrogen-bond acceptors (Lipinski definition) is 4. The Balaban J connectivity index is 0.00000289. The quantitative estimate of drug-likeness (QED) is 0.589. The monoisotopic (exact) mass is 271 g/mol. The minimum atomic E-state index is -0.0454. The molecule has 0 aromatic heterocycles. The Kier molecular flexibility index (Phi) is 6.55. The van der Waals surface area contributed by atoms with Crippen LogP contribution in [0.5, 0.6) is 11.5 Å². The Hall–Kier alpha value is -1.42. The van der Waals surface area contributed by atoms with Gasteiger partial charge in [0.2, 0.25) is 0 Å². The average Bonchev–Trinajstić information content (AvgIpc) is 2.27. The Bertz CT molecular complexity index is 400. The number of hydrazone groups is 1. The highest BCUT2D eigenvalue weighted by Gasteiger charge is 2.07. The van der Waals surface area contributed by atoms with Crippen LogP contribution in [0.4, 0.5) is 0 Å². The summed E-state index contributed by atoms with van der Waals surface area (Å²) >= 11 is 0. The molecule has 0 amide bonds. The van der Waals surface area contributed by atoms with E-state index in [1.165, 1.54) is 0 Å². The van der Waals surface area contributed by atoms with Crippen LogP contribution < -0.4 is 27.3 Å². The fraction of sp³-hybridized carbons (Fsp3) is 0.462. The minimum absolute atomic E-state index is 0. The number of methoxy groups -OCH3 is 2. The van der Waals surface area contributed by atoms with Gasteiger partial charge < -0.3 is 27.3 Å². The van der Waals surface area contributed by atoms with Gasteiger partial charge in [0, 0.05) is 17.2 Å². The summed E-state index contributed by atoms with van der Waals surface area (Å²) in [6.45, 7) is 6.15. The lowest BCUT2D eigenvalue weighted by Gasteiger charge is -2.17. The van der Waals surface area contributed by atoms with Crippen LogP contribution in [0.1, 0.15) is 26.3 Å². The fourth-order valence-corrected chi connectivity index (χ4v) is 1.22. The van der Waals surface area contributed by atoms with Gasteiger partial charge in [-0.1, -0.05) is 0 Å². The molecule has 0 fully saturated rings. The first-order valence-electron chi connectivity index (χ1n) is 5.48. The molecule has 5 heteroatoms. The normalized spacial score (nSPS) is 10.9. The summed E-state index contributed by atoms with van der Waals surface area (Å²) in [5, 5.41) is 4.18. The lowest BCUT2D eigenvalue weighted by Crippen LogP contribution is -3.00. The van der Waals surface area contributed by atoms with E-state index >= 15 is 0 Å². The van der Waals surface area contributed by atoms with Crippen molar-refractivity contribution in [2.24, 2.45) is 5.10 Å². The Morgan fingerprint density at radius 2 is 1.83 bits per heavy atom. The molecule has 1 aromatic rings. The van der Waals surface area contributed by atoms with Crippen LogP contribution in [0.15, 0.2) is 23.3 Å². The minimum Gasteiger partial charge on any atom is -1.00 e. The zero-order chi connectivity index (χ0) is 12.9. The molecule has 0 atom stereocenters. The third-order valence-corrected chi connectivity index (χ3v) is 2.04. The third kappa shape index (κ3) is 5.27. The molecule has 0 saturated heterocycles.